The van der Waals surface area contributed by atoms with Crippen LogP contribution in [0.25, 0.3) is 0 Å². The fourth-order valence-electron chi connectivity index (χ4n) is 2.72. The molecule has 0 aromatic heterocycles. The number of rotatable bonds is 3. The van der Waals surface area contributed by atoms with Gasteiger partial charge in [-0.25, -0.2) is 0 Å². The van der Waals surface area contributed by atoms with Gasteiger partial charge in [-0.2, -0.15) is 0 Å². The number of anilines is 2. The summed E-state index contributed by atoms with van der Waals surface area (Å²) in [5, 5.41) is 3.44. The summed E-state index contributed by atoms with van der Waals surface area (Å²) in [5.41, 5.74) is 3.98. The molecule has 0 amide bonds. The van der Waals surface area contributed by atoms with E-state index >= 15 is 0 Å². The third kappa shape index (κ3) is 1.85. The molecule has 18 heavy (non-hydrogen) atoms. The van der Waals surface area contributed by atoms with Gasteiger partial charge < -0.3 is 19.7 Å². The maximum Gasteiger partial charge on any atom is 0.203 e. The first-order valence-electron chi connectivity index (χ1n) is 6.48. The van der Waals surface area contributed by atoms with Gasteiger partial charge in [-0.05, 0) is 36.6 Å². The number of ether oxygens (including phenoxy) is 2. The highest BCUT2D eigenvalue weighted by molar-refractivity contribution is 5.62. The van der Waals surface area contributed by atoms with Gasteiger partial charge in [0.15, 0.2) is 0 Å². The molecule has 4 nitrogen and oxygen atoms in total. The third-order valence-corrected chi connectivity index (χ3v) is 4.00. The SMILES string of the molecule is COC1(OC)CN(c2ccc3c(c2)CCCN3)C1. The Morgan fingerprint density at radius 2 is 2.00 bits per heavy atom. The van der Waals surface area contributed by atoms with Gasteiger partial charge in [0.2, 0.25) is 5.79 Å². The highest BCUT2D eigenvalue weighted by atomic mass is 16.7. The second kappa shape index (κ2) is 4.44. The van der Waals surface area contributed by atoms with Crippen LogP contribution in [-0.2, 0) is 15.9 Å². The molecule has 1 aromatic carbocycles. The van der Waals surface area contributed by atoms with E-state index in [4.69, 9.17) is 9.47 Å². The molecule has 3 rings (SSSR count). The summed E-state index contributed by atoms with van der Waals surface area (Å²) in [6.07, 6.45) is 2.39. The summed E-state index contributed by atoms with van der Waals surface area (Å²) >= 11 is 0. The minimum Gasteiger partial charge on any atom is -0.385 e. The molecular weight excluding hydrogens is 228 g/mol. The van der Waals surface area contributed by atoms with Crippen LogP contribution in [-0.4, -0.2) is 39.6 Å². The predicted octanol–water partition coefficient (Wildman–Crippen LogP) is 1.85. The van der Waals surface area contributed by atoms with E-state index in [1.807, 2.05) is 0 Å². The molecule has 0 saturated carbocycles. The molecule has 98 valence electrons. The fourth-order valence-corrected chi connectivity index (χ4v) is 2.72. The molecular formula is C14H20N2O2. The van der Waals surface area contributed by atoms with Gasteiger partial charge in [0, 0.05) is 32.1 Å². The molecule has 1 fully saturated rings. The zero-order chi connectivity index (χ0) is 12.6. The number of benzene rings is 1. The monoisotopic (exact) mass is 248 g/mol. The van der Waals surface area contributed by atoms with Crippen LogP contribution in [0.15, 0.2) is 18.2 Å². The van der Waals surface area contributed by atoms with Crippen molar-refractivity contribution in [3.05, 3.63) is 23.8 Å². The van der Waals surface area contributed by atoms with Crippen LogP contribution in [0.3, 0.4) is 0 Å². The molecule has 0 unspecified atom stereocenters. The Morgan fingerprint density at radius 3 is 2.72 bits per heavy atom. The standard InChI is InChI=1S/C14H20N2O2/c1-17-14(18-2)9-16(10-14)12-5-6-13-11(8-12)4-3-7-15-13/h5-6,8,15H,3-4,7,9-10H2,1-2H3. The van der Waals surface area contributed by atoms with E-state index < -0.39 is 5.79 Å². The van der Waals surface area contributed by atoms with Crippen molar-refractivity contribution in [1.82, 2.24) is 0 Å². The summed E-state index contributed by atoms with van der Waals surface area (Å²) < 4.78 is 10.8. The molecule has 2 heterocycles. The third-order valence-electron chi connectivity index (χ3n) is 4.00. The van der Waals surface area contributed by atoms with Crippen molar-refractivity contribution in [3.63, 3.8) is 0 Å². The minimum absolute atomic E-state index is 0.409. The van der Waals surface area contributed by atoms with Crippen LogP contribution in [0.4, 0.5) is 11.4 Å². The van der Waals surface area contributed by atoms with Crippen LogP contribution < -0.4 is 10.2 Å². The number of nitrogens with one attached hydrogen (secondary N) is 1. The Kier molecular flexibility index (Phi) is 2.92. The van der Waals surface area contributed by atoms with Crippen molar-refractivity contribution in [2.45, 2.75) is 18.6 Å². The molecule has 1 saturated heterocycles. The van der Waals surface area contributed by atoms with E-state index in [0.717, 1.165) is 19.6 Å². The first kappa shape index (κ1) is 11.8. The summed E-state index contributed by atoms with van der Waals surface area (Å²) in [4.78, 5) is 2.29. The average molecular weight is 248 g/mol. The van der Waals surface area contributed by atoms with E-state index in [1.54, 1.807) is 14.2 Å². The van der Waals surface area contributed by atoms with Gasteiger partial charge in [-0.1, -0.05) is 0 Å². The van der Waals surface area contributed by atoms with E-state index in [0.29, 0.717) is 0 Å². The lowest BCUT2D eigenvalue weighted by molar-refractivity contribution is -0.219. The fraction of sp³-hybridized carbons (Fsp3) is 0.571. The van der Waals surface area contributed by atoms with Gasteiger partial charge in [0.05, 0.1) is 13.1 Å². The largest absolute Gasteiger partial charge is 0.385 e. The average Bonchev–Trinajstić information content (AvgIpc) is 2.38. The molecule has 0 aliphatic carbocycles. The quantitative estimate of drug-likeness (QED) is 0.828. The minimum atomic E-state index is -0.409. The van der Waals surface area contributed by atoms with E-state index in [2.05, 4.69) is 28.4 Å². The van der Waals surface area contributed by atoms with Crippen LogP contribution in [0.2, 0.25) is 0 Å². The van der Waals surface area contributed by atoms with Crippen LogP contribution in [0.5, 0.6) is 0 Å². The zero-order valence-electron chi connectivity index (χ0n) is 11.0. The second-order valence-electron chi connectivity index (χ2n) is 5.05. The highest BCUT2D eigenvalue weighted by Gasteiger charge is 2.44. The van der Waals surface area contributed by atoms with Crippen molar-refractivity contribution in [3.8, 4) is 0 Å². The molecule has 1 aromatic rings. The number of hydrogen-bond donors (Lipinski definition) is 1. The van der Waals surface area contributed by atoms with Gasteiger partial charge in [-0.3, -0.25) is 0 Å². The number of fused-ring (bicyclic) bond motifs is 1. The topological polar surface area (TPSA) is 33.7 Å². The van der Waals surface area contributed by atoms with Gasteiger partial charge >= 0.3 is 0 Å². The molecule has 1 N–H and O–H groups in total. The summed E-state index contributed by atoms with van der Waals surface area (Å²) in [5.74, 6) is -0.409. The first-order chi connectivity index (χ1) is 8.76. The Bertz CT molecular complexity index is 435. The Morgan fingerprint density at radius 1 is 1.22 bits per heavy atom. The van der Waals surface area contributed by atoms with Crippen molar-refractivity contribution < 1.29 is 9.47 Å². The Balaban J connectivity index is 1.75. The molecule has 0 bridgehead atoms. The number of aryl methyl sites for hydroxylation is 1. The zero-order valence-corrected chi connectivity index (χ0v) is 11.0. The first-order valence-corrected chi connectivity index (χ1v) is 6.48. The van der Waals surface area contributed by atoms with Crippen LogP contribution >= 0.6 is 0 Å². The molecule has 2 aliphatic rings. The molecule has 0 atom stereocenters. The maximum absolute atomic E-state index is 5.41. The van der Waals surface area contributed by atoms with E-state index in [-0.39, 0.29) is 0 Å². The molecule has 0 spiro atoms. The number of nitrogens with zero attached hydrogens (tertiary/aromatic N) is 1. The normalized spacial score (nSPS) is 20.9. The second-order valence-corrected chi connectivity index (χ2v) is 5.05. The molecule has 4 heteroatoms. The lowest BCUT2D eigenvalue weighted by atomic mass is 10.00. The predicted molar refractivity (Wildman–Crippen MR) is 72.2 cm³/mol. The van der Waals surface area contributed by atoms with Crippen LogP contribution in [0.1, 0.15) is 12.0 Å². The number of hydrogen-bond acceptors (Lipinski definition) is 4. The molecule has 0 radical (unpaired) electrons. The Labute approximate surface area is 108 Å². The van der Waals surface area contributed by atoms with Crippen molar-refractivity contribution >= 4 is 11.4 Å². The van der Waals surface area contributed by atoms with Crippen LogP contribution in [0, 0.1) is 0 Å². The lowest BCUT2D eigenvalue weighted by Crippen LogP contribution is -2.64. The van der Waals surface area contributed by atoms with Crippen molar-refractivity contribution in [2.75, 3.05) is 44.1 Å². The lowest BCUT2D eigenvalue weighted by Gasteiger charge is -2.48. The highest BCUT2D eigenvalue weighted by Crippen LogP contribution is 2.33. The van der Waals surface area contributed by atoms with Gasteiger partial charge in [-0.15, -0.1) is 0 Å². The van der Waals surface area contributed by atoms with Crippen molar-refractivity contribution in [1.29, 1.82) is 0 Å². The van der Waals surface area contributed by atoms with E-state index in [9.17, 15) is 0 Å². The smallest absolute Gasteiger partial charge is 0.203 e. The van der Waals surface area contributed by atoms with Gasteiger partial charge in [0.25, 0.3) is 0 Å². The van der Waals surface area contributed by atoms with E-state index in [1.165, 1.54) is 29.8 Å². The maximum atomic E-state index is 5.41. The van der Waals surface area contributed by atoms with Crippen molar-refractivity contribution in [2.24, 2.45) is 0 Å². The molecule has 2 aliphatic heterocycles. The van der Waals surface area contributed by atoms with Gasteiger partial charge in [0.1, 0.15) is 0 Å². The summed E-state index contributed by atoms with van der Waals surface area (Å²) in [6, 6.07) is 6.65. The Hall–Kier alpha value is -1.26. The number of methoxy groups -OCH3 is 2. The summed E-state index contributed by atoms with van der Waals surface area (Å²) in [7, 11) is 3.41. The summed E-state index contributed by atoms with van der Waals surface area (Å²) in [6.45, 7) is 2.69.